The van der Waals surface area contributed by atoms with Crippen molar-refractivity contribution in [3.8, 4) is 5.75 Å². The maximum absolute atomic E-state index is 13.2. The number of halogens is 1. The fourth-order valence-electron chi connectivity index (χ4n) is 5.05. The molecule has 33 heavy (non-hydrogen) atoms. The Morgan fingerprint density at radius 3 is 2.61 bits per heavy atom. The first-order valence-corrected chi connectivity index (χ1v) is 12.7. The minimum atomic E-state index is -0.175. The largest absolute Gasteiger partial charge is 0.481 e. The van der Waals surface area contributed by atoms with Crippen LogP contribution in [-0.2, 0) is 29.7 Å². The molecule has 6 heteroatoms. The van der Waals surface area contributed by atoms with Crippen molar-refractivity contribution in [2.24, 2.45) is 24.8 Å². The van der Waals surface area contributed by atoms with Crippen LogP contribution in [0.15, 0.2) is 53.0 Å². The number of para-hydroxylation sites is 2. The number of benzene rings is 2. The van der Waals surface area contributed by atoms with E-state index in [4.69, 9.17) is 9.47 Å². The smallest absolute Gasteiger partial charge is 0.348 e. The number of aryl methyl sites for hydroxylation is 1. The van der Waals surface area contributed by atoms with Crippen molar-refractivity contribution in [1.29, 1.82) is 0 Å². The highest BCUT2D eigenvalue weighted by atomic mass is 79.9. The Bertz CT molecular complexity index is 1110. The first-order valence-electron chi connectivity index (χ1n) is 11.9. The number of aromatic nitrogens is 2. The fourth-order valence-corrected chi connectivity index (χ4v) is 5.31. The second-order valence-corrected chi connectivity index (χ2v) is 10.6. The van der Waals surface area contributed by atoms with Crippen molar-refractivity contribution in [1.82, 2.24) is 4.57 Å². The monoisotopic (exact) mass is 513 g/mol. The normalized spacial score (nSPS) is 20.8. The van der Waals surface area contributed by atoms with E-state index in [0.717, 1.165) is 39.9 Å². The van der Waals surface area contributed by atoms with Crippen LogP contribution in [0.1, 0.15) is 45.9 Å². The summed E-state index contributed by atoms with van der Waals surface area (Å²) < 4.78 is 17.3. The number of imidazole rings is 1. The lowest BCUT2D eigenvalue weighted by Crippen LogP contribution is -2.37. The molecule has 4 rings (SSSR count). The third-order valence-corrected chi connectivity index (χ3v) is 7.47. The molecular weight excluding hydrogens is 480 g/mol. The third kappa shape index (κ3) is 5.43. The molecule has 0 bridgehead atoms. The molecule has 1 aromatic heterocycles. The van der Waals surface area contributed by atoms with Crippen molar-refractivity contribution in [3.05, 3.63) is 58.8 Å². The SMILES string of the molecule is CC(C)[C@@H]1CC[C@@H](C)C[C@@H]1OC(=O)Cn1c(COc2ccc(Br)cc2)[n+](C)c2ccccc21. The van der Waals surface area contributed by atoms with Gasteiger partial charge in [0.15, 0.2) is 24.2 Å². The zero-order valence-electron chi connectivity index (χ0n) is 20.0. The number of hydrogen-bond acceptors (Lipinski definition) is 3. The minimum absolute atomic E-state index is 0.000656. The van der Waals surface area contributed by atoms with Crippen LogP contribution >= 0.6 is 15.9 Å². The van der Waals surface area contributed by atoms with Gasteiger partial charge >= 0.3 is 5.97 Å². The summed E-state index contributed by atoms with van der Waals surface area (Å²) in [5.41, 5.74) is 2.06. The van der Waals surface area contributed by atoms with Crippen LogP contribution in [-0.4, -0.2) is 16.6 Å². The number of hydrogen-bond donors (Lipinski definition) is 0. The van der Waals surface area contributed by atoms with Gasteiger partial charge in [0.05, 0.1) is 7.05 Å². The van der Waals surface area contributed by atoms with E-state index in [9.17, 15) is 4.79 Å². The van der Waals surface area contributed by atoms with Crippen LogP contribution < -0.4 is 9.30 Å². The zero-order valence-corrected chi connectivity index (χ0v) is 21.5. The Morgan fingerprint density at radius 2 is 1.88 bits per heavy atom. The summed E-state index contributed by atoms with van der Waals surface area (Å²) in [5, 5.41) is 0. The molecule has 0 spiro atoms. The van der Waals surface area contributed by atoms with Gasteiger partial charge in [-0.3, -0.25) is 0 Å². The Morgan fingerprint density at radius 1 is 1.15 bits per heavy atom. The number of esters is 1. The van der Waals surface area contributed by atoms with Gasteiger partial charge in [-0.05, 0) is 67.0 Å². The van der Waals surface area contributed by atoms with E-state index >= 15 is 0 Å². The summed E-state index contributed by atoms with van der Waals surface area (Å²) >= 11 is 3.46. The molecule has 1 fully saturated rings. The number of carbonyl (C=O) groups excluding carboxylic acids is 1. The molecule has 3 aromatic rings. The maximum Gasteiger partial charge on any atom is 0.348 e. The van der Waals surface area contributed by atoms with Crippen LogP contribution in [0.3, 0.4) is 0 Å². The predicted molar refractivity (Wildman–Crippen MR) is 133 cm³/mol. The molecule has 1 saturated carbocycles. The van der Waals surface area contributed by atoms with Gasteiger partial charge in [0.25, 0.3) is 5.82 Å². The van der Waals surface area contributed by atoms with E-state index in [-0.39, 0.29) is 18.6 Å². The standard InChI is InChI=1S/C27H34BrN2O3/c1-18(2)22-14-9-19(3)15-25(22)33-27(31)16-30-24-8-6-5-7-23(24)29(4)26(30)17-32-21-12-10-20(28)11-13-21/h5-8,10-13,18-19,22,25H,9,14-17H2,1-4H3/q+1/t19-,22+,25+/m1/s1. The highest BCUT2D eigenvalue weighted by Crippen LogP contribution is 2.35. The van der Waals surface area contributed by atoms with Crippen LogP contribution in [0.2, 0.25) is 0 Å². The molecule has 1 heterocycles. The Labute approximate surface area is 204 Å². The molecule has 0 aliphatic heterocycles. The molecule has 0 radical (unpaired) electrons. The highest BCUT2D eigenvalue weighted by molar-refractivity contribution is 9.10. The number of nitrogens with zero attached hydrogens (tertiary/aromatic N) is 2. The number of ether oxygens (including phenoxy) is 2. The molecule has 0 saturated heterocycles. The number of rotatable bonds is 7. The van der Waals surface area contributed by atoms with Gasteiger partial charge in [-0.25, -0.2) is 13.9 Å². The average molecular weight is 514 g/mol. The zero-order chi connectivity index (χ0) is 23.5. The van der Waals surface area contributed by atoms with Crippen LogP contribution in [0, 0.1) is 17.8 Å². The fraction of sp³-hybridized carbons (Fsp3) is 0.481. The second kappa shape index (κ2) is 10.3. The van der Waals surface area contributed by atoms with E-state index in [1.165, 1.54) is 6.42 Å². The van der Waals surface area contributed by atoms with Gasteiger partial charge in [0, 0.05) is 4.47 Å². The van der Waals surface area contributed by atoms with Gasteiger partial charge < -0.3 is 9.47 Å². The maximum atomic E-state index is 13.2. The Kier molecular flexibility index (Phi) is 7.42. The molecule has 3 atom stereocenters. The summed E-state index contributed by atoms with van der Waals surface area (Å²) in [6.45, 7) is 7.26. The van der Waals surface area contributed by atoms with Crippen LogP contribution in [0.25, 0.3) is 11.0 Å². The van der Waals surface area contributed by atoms with E-state index in [2.05, 4.69) is 47.3 Å². The van der Waals surface area contributed by atoms with Crippen molar-refractivity contribution in [3.63, 3.8) is 0 Å². The first-order chi connectivity index (χ1) is 15.8. The minimum Gasteiger partial charge on any atom is -0.481 e. The lowest BCUT2D eigenvalue weighted by molar-refractivity contribution is -0.655. The molecule has 1 aliphatic carbocycles. The summed E-state index contributed by atoms with van der Waals surface area (Å²) in [7, 11) is 2.02. The van der Waals surface area contributed by atoms with Crippen LogP contribution in [0.5, 0.6) is 5.75 Å². The predicted octanol–water partition coefficient (Wildman–Crippen LogP) is 5.81. The highest BCUT2D eigenvalue weighted by Gasteiger charge is 2.34. The van der Waals surface area contributed by atoms with Crippen molar-refractivity contribution in [2.45, 2.75) is 59.3 Å². The first kappa shape index (κ1) is 23.8. The van der Waals surface area contributed by atoms with Gasteiger partial charge in [-0.15, -0.1) is 0 Å². The Balaban J connectivity index is 1.56. The molecule has 5 nitrogen and oxygen atoms in total. The van der Waals surface area contributed by atoms with Gasteiger partial charge in [-0.1, -0.05) is 55.3 Å². The Hall–Kier alpha value is -2.34. The average Bonchev–Trinajstić information content (AvgIpc) is 3.04. The van der Waals surface area contributed by atoms with Gasteiger partial charge in [0.1, 0.15) is 11.9 Å². The molecule has 0 amide bonds. The molecule has 2 aromatic carbocycles. The van der Waals surface area contributed by atoms with Crippen molar-refractivity contribution < 1.29 is 18.8 Å². The molecule has 0 N–H and O–H groups in total. The van der Waals surface area contributed by atoms with E-state index in [1.54, 1.807) is 0 Å². The number of carbonyl (C=O) groups is 1. The third-order valence-electron chi connectivity index (χ3n) is 6.95. The molecule has 1 aliphatic rings. The lowest BCUT2D eigenvalue weighted by atomic mass is 9.75. The molecule has 0 unspecified atom stereocenters. The van der Waals surface area contributed by atoms with Gasteiger partial charge in [0.2, 0.25) is 0 Å². The van der Waals surface area contributed by atoms with Crippen molar-refractivity contribution in [2.75, 3.05) is 0 Å². The van der Waals surface area contributed by atoms with E-state index in [1.807, 2.05) is 54.1 Å². The summed E-state index contributed by atoms with van der Waals surface area (Å²) in [6.07, 6.45) is 3.30. The molecular formula is C27H34BrN2O3+. The van der Waals surface area contributed by atoms with E-state index < -0.39 is 0 Å². The summed E-state index contributed by atoms with van der Waals surface area (Å²) in [5.74, 6) is 3.07. The van der Waals surface area contributed by atoms with Crippen molar-refractivity contribution >= 4 is 32.9 Å². The number of fused-ring (bicyclic) bond motifs is 1. The second-order valence-electron chi connectivity index (χ2n) is 9.65. The van der Waals surface area contributed by atoms with Crippen LogP contribution in [0.4, 0.5) is 0 Å². The summed E-state index contributed by atoms with van der Waals surface area (Å²) in [4.78, 5) is 13.2. The molecule has 176 valence electrons. The summed E-state index contributed by atoms with van der Waals surface area (Å²) in [6, 6.07) is 15.9. The topological polar surface area (TPSA) is 44.3 Å². The van der Waals surface area contributed by atoms with Gasteiger partial charge in [-0.2, -0.15) is 0 Å². The lowest BCUT2D eigenvalue weighted by Gasteiger charge is -2.36. The van der Waals surface area contributed by atoms with E-state index in [0.29, 0.717) is 24.4 Å². The quantitative estimate of drug-likeness (QED) is 0.295.